The number of pyridine rings is 1. The lowest BCUT2D eigenvalue weighted by atomic mass is 9.86. The standard InChI is InChI=1S/C52H70N10O10/c1-51(2,3)72-50(67)60(30-34-13-14-34)42-28-36(21-22-53-42)48-55-39(32-71-48)46(64)54-38-31-61(57-45(38)52(4,5)68)37-17-15-33(16-18-37)29-58(6)23-25-70-27-26-69-24-9-11-35-10-8-12-40-44(35)59(7)49(66)62(40)41-19-20-43(63)56-47(41)65/h8,10,12,21-22,28,31-34,37,41,68H,9,11,13-20,23-27,29-30H2,1-7H3,(H,54,64)(H,56,63,65)/t33-,37-,41?. The molecule has 1 saturated heterocycles. The second kappa shape index (κ2) is 22.3. The minimum atomic E-state index is -1.33. The number of imide groups is 1. The molecule has 4 amide bonds. The summed E-state index contributed by atoms with van der Waals surface area (Å²) in [5, 5.41) is 21.2. The van der Waals surface area contributed by atoms with E-state index in [1.165, 1.54) is 10.8 Å². The average molecular weight is 995 g/mol. The van der Waals surface area contributed by atoms with Crippen molar-refractivity contribution in [1.82, 2.24) is 39.1 Å². The molecule has 3 fully saturated rings. The fourth-order valence-corrected chi connectivity index (χ4v) is 9.64. The van der Waals surface area contributed by atoms with Crippen LogP contribution in [0, 0.1) is 11.8 Å². The monoisotopic (exact) mass is 995 g/mol. The Hall–Kier alpha value is -6.22. The number of aryl methyl sites for hydroxylation is 2. The molecule has 1 aliphatic heterocycles. The van der Waals surface area contributed by atoms with Crippen LogP contribution in [-0.4, -0.2) is 121 Å². The number of ether oxygens (including phenoxy) is 3. The maximum atomic E-state index is 13.6. The first-order valence-electron chi connectivity index (χ1n) is 25.2. The predicted molar refractivity (Wildman–Crippen MR) is 269 cm³/mol. The summed E-state index contributed by atoms with van der Waals surface area (Å²) in [7, 11) is 3.83. The number of hydrogen-bond acceptors (Lipinski definition) is 14. The Balaban J connectivity index is 0.753. The number of carbonyl (C=O) groups excluding carboxylic acids is 4. The third-order valence-electron chi connectivity index (χ3n) is 13.5. The van der Waals surface area contributed by atoms with E-state index < -0.39 is 35.2 Å². The van der Waals surface area contributed by atoms with Crippen LogP contribution in [-0.2, 0) is 42.9 Å². The molecule has 4 aromatic heterocycles. The van der Waals surface area contributed by atoms with Gasteiger partial charge in [-0.25, -0.2) is 19.6 Å². The van der Waals surface area contributed by atoms with Crippen molar-refractivity contribution in [3.63, 3.8) is 0 Å². The van der Waals surface area contributed by atoms with Crippen molar-refractivity contribution in [3.8, 4) is 11.5 Å². The van der Waals surface area contributed by atoms with E-state index >= 15 is 0 Å². The van der Waals surface area contributed by atoms with E-state index in [9.17, 15) is 29.1 Å². The number of benzene rings is 1. The molecule has 2 aliphatic carbocycles. The number of nitrogens with zero attached hydrogens (tertiary/aromatic N) is 8. The lowest BCUT2D eigenvalue weighted by molar-refractivity contribution is -0.135. The van der Waals surface area contributed by atoms with E-state index in [0.29, 0.717) is 85.9 Å². The van der Waals surface area contributed by atoms with Gasteiger partial charge in [-0.3, -0.25) is 38.4 Å². The van der Waals surface area contributed by atoms with Crippen LogP contribution < -0.4 is 21.2 Å². The third kappa shape index (κ3) is 12.9. The van der Waals surface area contributed by atoms with E-state index in [0.717, 1.165) is 69.1 Å². The molecule has 3 N–H and O–H groups in total. The van der Waals surface area contributed by atoms with Gasteiger partial charge in [-0.05, 0) is 135 Å². The van der Waals surface area contributed by atoms with Gasteiger partial charge in [0.05, 0.1) is 42.6 Å². The summed E-state index contributed by atoms with van der Waals surface area (Å²) in [6.45, 7) is 13.1. The Morgan fingerprint density at radius 3 is 2.38 bits per heavy atom. The Kier molecular flexibility index (Phi) is 16.1. The molecule has 0 radical (unpaired) electrons. The number of carbonyl (C=O) groups is 4. The first-order valence-corrected chi connectivity index (χ1v) is 25.2. The van der Waals surface area contributed by atoms with E-state index in [1.54, 1.807) is 54.9 Å². The van der Waals surface area contributed by atoms with Crippen molar-refractivity contribution in [1.29, 1.82) is 0 Å². The first-order chi connectivity index (χ1) is 34.3. The zero-order valence-corrected chi connectivity index (χ0v) is 42.6. The minimum Gasteiger partial charge on any atom is -0.444 e. The summed E-state index contributed by atoms with van der Waals surface area (Å²) in [5.41, 5.74) is 1.52. The number of oxazole rings is 1. The van der Waals surface area contributed by atoms with Crippen LogP contribution in [0.4, 0.5) is 16.3 Å². The van der Waals surface area contributed by atoms with Crippen LogP contribution >= 0.6 is 0 Å². The van der Waals surface area contributed by atoms with Gasteiger partial charge in [0.25, 0.3) is 5.91 Å². The molecule has 5 heterocycles. The number of imidazole rings is 1. The number of likely N-dealkylation sites (N-methyl/N-ethyl adjacent to an activating group) is 1. The SMILES string of the molecule is CN(CCOCCOCCCc1cccc2c1n(C)c(=O)n2C1CCC(=O)NC1=O)C[C@H]1CC[C@H](n2cc(NC(=O)c3coc(-c4ccnc(N(CC5CC5)C(=O)OC(C)(C)C)c4)n3)c(C(C)(C)O)n2)CC1. The molecular weight excluding hydrogens is 925 g/mol. The summed E-state index contributed by atoms with van der Waals surface area (Å²) in [4.78, 5) is 77.1. The fourth-order valence-electron chi connectivity index (χ4n) is 9.64. The van der Waals surface area contributed by atoms with Gasteiger partial charge in [-0.2, -0.15) is 5.10 Å². The topological polar surface area (TPSA) is 230 Å². The summed E-state index contributed by atoms with van der Waals surface area (Å²) in [5.74, 6) is 0.212. The number of amides is 4. The largest absolute Gasteiger partial charge is 0.444 e. The highest BCUT2D eigenvalue weighted by molar-refractivity contribution is 6.03. The van der Waals surface area contributed by atoms with E-state index in [1.807, 2.05) is 43.7 Å². The van der Waals surface area contributed by atoms with Gasteiger partial charge in [-0.1, -0.05) is 12.1 Å². The Morgan fingerprint density at radius 1 is 0.944 bits per heavy atom. The number of aliphatic hydroxyl groups is 1. The lowest BCUT2D eigenvalue weighted by Gasteiger charge is -2.31. The normalized spacial score (nSPS) is 18.7. The Labute approximate surface area is 419 Å². The summed E-state index contributed by atoms with van der Waals surface area (Å²) < 4.78 is 28.2. The molecular formula is C52H70N10O10. The van der Waals surface area contributed by atoms with E-state index in [4.69, 9.17) is 23.7 Å². The molecule has 0 bridgehead atoms. The van der Waals surface area contributed by atoms with Crippen LogP contribution in [0.5, 0.6) is 0 Å². The van der Waals surface area contributed by atoms with Crippen molar-refractivity contribution < 1.29 is 42.9 Å². The number of para-hydroxylation sites is 1. The molecule has 20 heteroatoms. The number of fused-ring (bicyclic) bond motifs is 1. The second-order valence-electron chi connectivity index (χ2n) is 21.1. The first kappa shape index (κ1) is 52.1. The van der Waals surface area contributed by atoms with Gasteiger partial charge >= 0.3 is 11.8 Å². The van der Waals surface area contributed by atoms with Crippen molar-refractivity contribution in [2.24, 2.45) is 18.9 Å². The highest BCUT2D eigenvalue weighted by Crippen LogP contribution is 2.36. The maximum Gasteiger partial charge on any atom is 0.416 e. The van der Waals surface area contributed by atoms with Crippen molar-refractivity contribution in [2.45, 2.75) is 122 Å². The zero-order chi connectivity index (χ0) is 51.3. The molecule has 1 aromatic carbocycles. The molecule has 388 valence electrons. The van der Waals surface area contributed by atoms with Gasteiger partial charge in [0.2, 0.25) is 17.7 Å². The summed E-state index contributed by atoms with van der Waals surface area (Å²) in [6.07, 6.45) is 12.0. The van der Waals surface area contributed by atoms with Gasteiger partial charge < -0.3 is 34.0 Å². The molecule has 1 unspecified atom stereocenters. The number of hydrogen-bond donors (Lipinski definition) is 3. The van der Waals surface area contributed by atoms with Crippen molar-refractivity contribution >= 4 is 46.4 Å². The Morgan fingerprint density at radius 2 is 1.67 bits per heavy atom. The minimum absolute atomic E-state index is 0.0415. The van der Waals surface area contributed by atoms with Crippen LogP contribution in [0.1, 0.15) is 126 Å². The van der Waals surface area contributed by atoms with Crippen LogP contribution in [0.25, 0.3) is 22.5 Å². The highest BCUT2D eigenvalue weighted by atomic mass is 16.6. The van der Waals surface area contributed by atoms with Gasteiger partial charge in [0.1, 0.15) is 35.0 Å². The van der Waals surface area contributed by atoms with E-state index in [-0.39, 0.29) is 35.6 Å². The quantitative estimate of drug-likeness (QED) is 0.0525. The second-order valence-corrected chi connectivity index (χ2v) is 21.1. The molecule has 1 atom stereocenters. The number of nitrogens with one attached hydrogen (secondary N) is 2. The van der Waals surface area contributed by atoms with E-state index in [2.05, 4.69) is 32.5 Å². The number of piperidine rings is 1. The fraction of sp³-hybridized carbons (Fsp3) is 0.577. The predicted octanol–water partition coefficient (Wildman–Crippen LogP) is 6.52. The Bertz CT molecular complexity index is 2790. The molecule has 72 heavy (non-hydrogen) atoms. The zero-order valence-electron chi connectivity index (χ0n) is 42.6. The average Bonchev–Trinajstić information content (AvgIpc) is 3.70. The van der Waals surface area contributed by atoms with Crippen LogP contribution in [0.3, 0.4) is 0 Å². The number of rotatable bonds is 21. The van der Waals surface area contributed by atoms with Crippen LogP contribution in [0.2, 0.25) is 0 Å². The molecule has 5 aromatic rings. The highest BCUT2D eigenvalue weighted by Gasteiger charge is 2.34. The van der Waals surface area contributed by atoms with Crippen molar-refractivity contribution in [3.05, 3.63) is 76.4 Å². The smallest absolute Gasteiger partial charge is 0.416 e. The van der Waals surface area contributed by atoms with Gasteiger partial charge in [0.15, 0.2) is 5.69 Å². The lowest BCUT2D eigenvalue weighted by Crippen LogP contribution is -2.44. The summed E-state index contributed by atoms with van der Waals surface area (Å²) in [6, 6.07) is 8.53. The van der Waals surface area contributed by atoms with Gasteiger partial charge in [0, 0.05) is 57.7 Å². The van der Waals surface area contributed by atoms with Crippen LogP contribution in [0.15, 0.2) is 58.2 Å². The molecule has 0 spiro atoms. The molecule has 8 rings (SSSR count). The third-order valence-corrected chi connectivity index (χ3v) is 13.5. The molecule has 20 nitrogen and oxygen atoms in total. The van der Waals surface area contributed by atoms with Crippen molar-refractivity contribution in [2.75, 3.05) is 63.3 Å². The van der Waals surface area contributed by atoms with Gasteiger partial charge in [-0.15, -0.1) is 0 Å². The number of aromatic nitrogens is 6. The molecule has 2 saturated carbocycles. The maximum absolute atomic E-state index is 13.6. The number of anilines is 2. The molecule has 3 aliphatic rings. The summed E-state index contributed by atoms with van der Waals surface area (Å²) >= 11 is 0.